The zero-order valence-corrected chi connectivity index (χ0v) is 10.8. The van der Waals surface area contributed by atoms with Gasteiger partial charge in [0.05, 0.1) is 0 Å². The van der Waals surface area contributed by atoms with Crippen LogP contribution >= 0.6 is 11.5 Å². The number of rotatable bonds is 4. The van der Waals surface area contributed by atoms with E-state index in [-0.39, 0.29) is 23.7 Å². The van der Waals surface area contributed by atoms with Gasteiger partial charge in [0.1, 0.15) is 10.6 Å². The lowest BCUT2D eigenvalue weighted by atomic mass is 10.2. The maximum atomic E-state index is 11.6. The first-order valence-corrected chi connectivity index (χ1v) is 6.39. The fourth-order valence-corrected chi connectivity index (χ4v) is 2.53. The van der Waals surface area contributed by atoms with E-state index in [1.54, 1.807) is 7.05 Å². The van der Waals surface area contributed by atoms with Crippen molar-refractivity contribution in [1.29, 1.82) is 0 Å². The molecule has 5 N–H and O–H groups in total. The van der Waals surface area contributed by atoms with Gasteiger partial charge in [0, 0.05) is 26.1 Å². The Bertz CT molecular complexity index is 473. The van der Waals surface area contributed by atoms with E-state index in [9.17, 15) is 9.59 Å². The Morgan fingerprint density at radius 3 is 3.06 bits per heavy atom. The smallest absolute Gasteiger partial charge is 0.257 e. The number of carbonyl (C=O) groups excluding carboxylic acids is 2. The Morgan fingerprint density at radius 1 is 1.67 bits per heavy atom. The van der Waals surface area contributed by atoms with Crippen LogP contribution in [0.2, 0.25) is 0 Å². The first kappa shape index (κ1) is 12.6. The van der Waals surface area contributed by atoms with E-state index in [1.807, 2.05) is 0 Å². The number of nitrogens with one attached hydrogen (secondary N) is 3. The van der Waals surface area contributed by atoms with Crippen molar-refractivity contribution in [1.82, 2.24) is 15.0 Å². The summed E-state index contributed by atoms with van der Waals surface area (Å²) in [6.07, 6.45) is 1.36. The molecule has 1 aliphatic rings. The molecule has 0 aliphatic carbocycles. The molecule has 1 aromatic rings. The molecular weight excluding hydrogens is 254 g/mol. The summed E-state index contributed by atoms with van der Waals surface area (Å²) in [6.45, 7) is 0.567. The first-order chi connectivity index (χ1) is 8.61. The van der Waals surface area contributed by atoms with Crippen molar-refractivity contribution in [2.45, 2.75) is 18.9 Å². The van der Waals surface area contributed by atoms with Crippen molar-refractivity contribution in [3.8, 4) is 0 Å². The van der Waals surface area contributed by atoms with E-state index in [1.165, 1.54) is 0 Å². The number of amides is 2. The molecule has 0 bridgehead atoms. The third-order valence-corrected chi connectivity index (χ3v) is 3.59. The lowest BCUT2D eigenvalue weighted by molar-refractivity contribution is -0.119. The molecule has 1 unspecified atom stereocenters. The van der Waals surface area contributed by atoms with Crippen molar-refractivity contribution in [2.24, 2.45) is 0 Å². The number of hydrogen-bond acceptors (Lipinski definition) is 6. The third kappa shape index (κ3) is 2.53. The Hall–Kier alpha value is -1.83. The Morgan fingerprint density at radius 2 is 2.44 bits per heavy atom. The van der Waals surface area contributed by atoms with Crippen molar-refractivity contribution in [3.63, 3.8) is 0 Å². The normalized spacial score (nSPS) is 18.5. The molecule has 1 aliphatic heterocycles. The Balaban J connectivity index is 2.01. The van der Waals surface area contributed by atoms with E-state index in [0.717, 1.165) is 18.0 Å². The third-order valence-electron chi connectivity index (χ3n) is 2.77. The van der Waals surface area contributed by atoms with Crippen LogP contribution in [0, 0.1) is 0 Å². The molecule has 98 valence electrons. The highest BCUT2D eigenvalue weighted by Crippen LogP contribution is 2.26. The molecule has 8 heteroatoms. The van der Waals surface area contributed by atoms with Gasteiger partial charge in [-0.2, -0.15) is 4.37 Å². The number of carbonyl (C=O) groups is 2. The summed E-state index contributed by atoms with van der Waals surface area (Å²) in [6, 6.07) is 0.0957. The molecule has 0 saturated carbocycles. The largest absolute Gasteiger partial charge is 0.382 e. The number of anilines is 2. The molecule has 0 spiro atoms. The molecule has 1 atom stereocenters. The monoisotopic (exact) mass is 269 g/mol. The average molecular weight is 269 g/mol. The minimum Gasteiger partial charge on any atom is -0.382 e. The lowest BCUT2D eigenvalue weighted by Gasteiger charge is -2.11. The van der Waals surface area contributed by atoms with Crippen molar-refractivity contribution in [3.05, 3.63) is 5.56 Å². The summed E-state index contributed by atoms with van der Waals surface area (Å²) < 4.78 is 3.95. The summed E-state index contributed by atoms with van der Waals surface area (Å²) in [5.74, 6) is 0.0219. The summed E-state index contributed by atoms with van der Waals surface area (Å²) in [4.78, 5) is 22.7. The van der Waals surface area contributed by atoms with Crippen LogP contribution in [0.25, 0.3) is 0 Å². The molecule has 7 nitrogen and oxygen atoms in total. The molecule has 1 saturated heterocycles. The zero-order valence-electron chi connectivity index (χ0n) is 9.95. The SMILES string of the molecule is CNC(=O)c1c(N)nsc1NCC1CCC(=O)N1. The van der Waals surface area contributed by atoms with Crippen molar-refractivity contribution >= 4 is 34.2 Å². The van der Waals surface area contributed by atoms with E-state index in [4.69, 9.17) is 5.73 Å². The van der Waals surface area contributed by atoms with Crippen LogP contribution in [0.3, 0.4) is 0 Å². The van der Waals surface area contributed by atoms with Gasteiger partial charge in [0.2, 0.25) is 5.91 Å². The van der Waals surface area contributed by atoms with Gasteiger partial charge < -0.3 is 21.7 Å². The van der Waals surface area contributed by atoms with Crippen LogP contribution in [0.1, 0.15) is 23.2 Å². The number of nitrogens with zero attached hydrogens (tertiary/aromatic N) is 1. The molecule has 0 radical (unpaired) electrons. The van der Waals surface area contributed by atoms with E-state index in [2.05, 4.69) is 20.3 Å². The van der Waals surface area contributed by atoms with Gasteiger partial charge in [-0.25, -0.2) is 0 Å². The number of nitrogens with two attached hydrogens (primary N) is 1. The Kier molecular flexibility index (Phi) is 3.66. The van der Waals surface area contributed by atoms with E-state index in [0.29, 0.717) is 23.5 Å². The lowest BCUT2D eigenvalue weighted by Crippen LogP contribution is -2.32. The van der Waals surface area contributed by atoms with Crippen LogP contribution in [-0.2, 0) is 4.79 Å². The second kappa shape index (κ2) is 5.21. The van der Waals surface area contributed by atoms with Crippen molar-refractivity contribution in [2.75, 3.05) is 24.6 Å². The Labute approximate surface area is 108 Å². The molecular formula is C10H15N5O2S. The van der Waals surface area contributed by atoms with Gasteiger partial charge in [0.25, 0.3) is 5.91 Å². The highest BCUT2D eigenvalue weighted by atomic mass is 32.1. The van der Waals surface area contributed by atoms with Crippen LogP contribution in [0.4, 0.5) is 10.8 Å². The van der Waals surface area contributed by atoms with Crippen LogP contribution in [0.5, 0.6) is 0 Å². The van der Waals surface area contributed by atoms with Gasteiger partial charge in [-0.3, -0.25) is 9.59 Å². The summed E-state index contributed by atoms with van der Waals surface area (Å²) in [5.41, 5.74) is 6.02. The number of aromatic nitrogens is 1. The van der Waals surface area contributed by atoms with Crippen LogP contribution in [0.15, 0.2) is 0 Å². The molecule has 0 aromatic carbocycles. The first-order valence-electron chi connectivity index (χ1n) is 5.62. The molecule has 1 fully saturated rings. The molecule has 1 aromatic heterocycles. The van der Waals surface area contributed by atoms with Gasteiger partial charge in [-0.15, -0.1) is 0 Å². The molecule has 2 amide bonds. The minimum absolute atomic E-state index is 0.0668. The topological polar surface area (TPSA) is 109 Å². The number of hydrogen-bond donors (Lipinski definition) is 4. The second-order valence-electron chi connectivity index (χ2n) is 4.04. The van der Waals surface area contributed by atoms with Gasteiger partial charge in [0.15, 0.2) is 5.82 Å². The van der Waals surface area contributed by atoms with E-state index < -0.39 is 0 Å². The minimum atomic E-state index is -0.265. The summed E-state index contributed by atoms with van der Waals surface area (Å²) in [7, 11) is 1.54. The summed E-state index contributed by atoms with van der Waals surface area (Å²) in [5, 5.41) is 9.11. The van der Waals surface area contributed by atoms with Crippen LogP contribution in [-0.4, -0.2) is 35.8 Å². The fourth-order valence-electron chi connectivity index (χ4n) is 1.81. The van der Waals surface area contributed by atoms with Gasteiger partial charge in [-0.05, 0) is 18.0 Å². The predicted octanol–water partition coefficient (Wildman–Crippen LogP) is -0.225. The maximum Gasteiger partial charge on any atom is 0.257 e. The van der Waals surface area contributed by atoms with E-state index >= 15 is 0 Å². The predicted molar refractivity (Wildman–Crippen MR) is 69.6 cm³/mol. The maximum absolute atomic E-state index is 11.6. The highest BCUT2D eigenvalue weighted by molar-refractivity contribution is 7.11. The zero-order chi connectivity index (χ0) is 13.1. The summed E-state index contributed by atoms with van der Waals surface area (Å²) >= 11 is 1.14. The highest BCUT2D eigenvalue weighted by Gasteiger charge is 2.22. The standard InChI is InChI=1S/C10H15N5O2S/c1-12-9(17)7-8(11)15-18-10(7)13-4-5-2-3-6(16)14-5/h5,13H,2-4H2,1H3,(H2,11,15)(H,12,17)(H,14,16). The second-order valence-corrected chi connectivity index (χ2v) is 4.81. The quantitative estimate of drug-likeness (QED) is 0.604. The van der Waals surface area contributed by atoms with Crippen LogP contribution < -0.4 is 21.7 Å². The average Bonchev–Trinajstić information content (AvgIpc) is 2.92. The molecule has 2 rings (SSSR count). The van der Waals surface area contributed by atoms with Crippen molar-refractivity contribution < 1.29 is 9.59 Å². The fraction of sp³-hybridized carbons (Fsp3) is 0.500. The number of nitrogen functional groups attached to an aromatic ring is 1. The van der Waals surface area contributed by atoms with Gasteiger partial charge in [-0.1, -0.05) is 0 Å². The molecule has 18 heavy (non-hydrogen) atoms. The van der Waals surface area contributed by atoms with Gasteiger partial charge >= 0.3 is 0 Å². The molecule has 2 heterocycles.